The molecule has 0 amide bonds. The van der Waals surface area contributed by atoms with Gasteiger partial charge < -0.3 is 9.84 Å². The van der Waals surface area contributed by atoms with Crippen LogP contribution >= 0.6 is 0 Å². The van der Waals surface area contributed by atoms with Crippen molar-refractivity contribution in [2.75, 3.05) is 19.7 Å². The smallest absolute Gasteiger partial charge is 0.124 e. The van der Waals surface area contributed by atoms with Crippen LogP contribution in [0.1, 0.15) is 56.2 Å². The third-order valence-corrected chi connectivity index (χ3v) is 6.66. The summed E-state index contributed by atoms with van der Waals surface area (Å²) >= 11 is 0. The minimum atomic E-state index is -0.540. The Bertz CT molecular complexity index is 818. The van der Waals surface area contributed by atoms with Crippen molar-refractivity contribution in [3.63, 3.8) is 0 Å². The van der Waals surface area contributed by atoms with Gasteiger partial charge in [-0.1, -0.05) is 73.5 Å². The van der Waals surface area contributed by atoms with Crippen molar-refractivity contribution >= 4 is 6.08 Å². The molecule has 1 aliphatic carbocycles. The number of aliphatic hydroxyl groups is 1. The fraction of sp³-hybridized carbons (Fsp3) is 0.462. The zero-order chi connectivity index (χ0) is 20.1. The maximum absolute atomic E-state index is 11.5. The molecular formula is C26H33NO2. The van der Waals surface area contributed by atoms with Gasteiger partial charge in [-0.05, 0) is 37.8 Å². The van der Waals surface area contributed by atoms with Gasteiger partial charge in [0, 0.05) is 30.6 Å². The van der Waals surface area contributed by atoms with Crippen LogP contribution < -0.4 is 4.74 Å². The first-order valence-electron chi connectivity index (χ1n) is 11.1. The molecule has 2 aliphatic rings. The third kappa shape index (κ3) is 4.41. The van der Waals surface area contributed by atoms with Crippen molar-refractivity contribution in [2.45, 2.75) is 50.7 Å². The molecule has 3 nitrogen and oxygen atoms in total. The van der Waals surface area contributed by atoms with Crippen molar-refractivity contribution in [3.05, 3.63) is 71.8 Å². The van der Waals surface area contributed by atoms with Crippen LogP contribution in [0, 0.1) is 5.92 Å². The molecule has 0 bridgehead atoms. The van der Waals surface area contributed by atoms with Crippen LogP contribution in [0.5, 0.6) is 5.75 Å². The number of rotatable bonds is 6. The predicted octanol–water partition coefficient (Wildman–Crippen LogP) is 5.47. The van der Waals surface area contributed by atoms with Crippen molar-refractivity contribution in [1.82, 2.24) is 4.90 Å². The minimum Gasteiger partial charge on any atom is -0.494 e. The lowest BCUT2D eigenvalue weighted by atomic mass is 9.66. The Labute approximate surface area is 175 Å². The Balaban J connectivity index is 1.63. The van der Waals surface area contributed by atoms with Gasteiger partial charge in [0.2, 0.25) is 0 Å². The molecule has 0 spiro atoms. The van der Waals surface area contributed by atoms with Gasteiger partial charge in [-0.25, -0.2) is 0 Å². The highest BCUT2D eigenvalue weighted by molar-refractivity contribution is 5.49. The van der Waals surface area contributed by atoms with Crippen molar-refractivity contribution in [1.29, 1.82) is 0 Å². The molecule has 1 aliphatic heterocycles. The third-order valence-electron chi connectivity index (χ3n) is 6.66. The van der Waals surface area contributed by atoms with Crippen molar-refractivity contribution in [3.8, 4) is 5.75 Å². The zero-order valence-corrected chi connectivity index (χ0v) is 17.5. The molecule has 3 heteroatoms. The highest BCUT2D eigenvalue weighted by Crippen LogP contribution is 2.50. The normalized spacial score (nSPS) is 27.7. The molecule has 3 atom stereocenters. The van der Waals surface area contributed by atoms with Gasteiger partial charge in [0.15, 0.2) is 0 Å². The van der Waals surface area contributed by atoms with E-state index in [-0.39, 0.29) is 12.0 Å². The number of para-hydroxylation sites is 1. The quantitative estimate of drug-likeness (QED) is 0.709. The van der Waals surface area contributed by atoms with Gasteiger partial charge in [0.05, 0.1) is 12.2 Å². The van der Waals surface area contributed by atoms with Crippen LogP contribution in [-0.2, 0) is 0 Å². The Hall–Kier alpha value is -2.10. The Morgan fingerprint density at radius 2 is 1.86 bits per heavy atom. The summed E-state index contributed by atoms with van der Waals surface area (Å²) in [7, 11) is 0. The highest BCUT2D eigenvalue weighted by Gasteiger charge is 2.49. The molecule has 2 fully saturated rings. The lowest BCUT2D eigenvalue weighted by Gasteiger charge is -2.52. The maximum Gasteiger partial charge on any atom is 0.124 e. The van der Waals surface area contributed by atoms with Crippen LogP contribution in [0.4, 0.5) is 0 Å². The van der Waals surface area contributed by atoms with Gasteiger partial charge in [-0.3, -0.25) is 4.90 Å². The number of benzene rings is 2. The van der Waals surface area contributed by atoms with Crippen LogP contribution in [0.2, 0.25) is 0 Å². The van der Waals surface area contributed by atoms with E-state index < -0.39 is 5.60 Å². The van der Waals surface area contributed by atoms with Gasteiger partial charge in [-0.2, -0.15) is 0 Å². The van der Waals surface area contributed by atoms with Gasteiger partial charge in [0.25, 0.3) is 0 Å². The number of nitrogens with zero attached hydrogens (tertiary/aromatic N) is 1. The summed E-state index contributed by atoms with van der Waals surface area (Å²) in [6, 6.07) is 19.1. The van der Waals surface area contributed by atoms with E-state index in [2.05, 4.69) is 59.5 Å². The number of ether oxygens (including phenoxy) is 1. The largest absolute Gasteiger partial charge is 0.494 e. The molecule has 154 valence electrons. The van der Waals surface area contributed by atoms with Crippen LogP contribution in [-0.4, -0.2) is 35.3 Å². The average Bonchev–Trinajstić information content (AvgIpc) is 2.75. The molecule has 2 aromatic rings. The summed E-state index contributed by atoms with van der Waals surface area (Å²) in [5.41, 5.74) is 1.92. The molecule has 1 heterocycles. The highest BCUT2D eigenvalue weighted by atomic mass is 16.5. The van der Waals surface area contributed by atoms with E-state index in [1.807, 2.05) is 19.1 Å². The molecular weight excluding hydrogens is 358 g/mol. The average molecular weight is 392 g/mol. The van der Waals surface area contributed by atoms with Gasteiger partial charge in [0.1, 0.15) is 5.75 Å². The number of hydrogen-bond acceptors (Lipinski definition) is 3. The monoisotopic (exact) mass is 391 g/mol. The molecule has 1 saturated carbocycles. The van der Waals surface area contributed by atoms with E-state index in [4.69, 9.17) is 4.74 Å². The molecule has 29 heavy (non-hydrogen) atoms. The second kappa shape index (κ2) is 9.15. The van der Waals surface area contributed by atoms with E-state index in [9.17, 15) is 5.11 Å². The molecule has 1 saturated heterocycles. The summed E-state index contributed by atoms with van der Waals surface area (Å²) in [5.74, 6) is 1.23. The fourth-order valence-electron chi connectivity index (χ4n) is 5.26. The number of piperidine rings is 1. The van der Waals surface area contributed by atoms with E-state index in [1.165, 1.54) is 17.5 Å². The van der Waals surface area contributed by atoms with Crippen molar-refractivity contribution < 1.29 is 9.84 Å². The van der Waals surface area contributed by atoms with E-state index in [0.29, 0.717) is 6.61 Å². The topological polar surface area (TPSA) is 32.7 Å². The first-order chi connectivity index (χ1) is 14.2. The maximum atomic E-state index is 11.5. The Kier molecular flexibility index (Phi) is 6.37. The van der Waals surface area contributed by atoms with Gasteiger partial charge >= 0.3 is 0 Å². The molecule has 0 unspecified atom stereocenters. The Morgan fingerprint density at radius 1 is 1.07 bits per heavy atom. The SMILES string of the molecule is CCOc1ccccc1[C@H]1[C@@H]2CCCC[C@]2(O)CCN1C/C=C/c1ccccc1. The number of hydrogen-bond donors (Lipinski definition) is 1. The van der Waals surface area contributed by atoms with Crippen LogP contribution in [0.25, 0.3) is 6.08 Å². The second-order valence-electron chi connectivity index (χ2n) is 8.43. The molecule has 0 aromatic heterocycles. The van der Waals surface area contributed by atoms with Crippen LogP contribution in [0.15, 0.2) is 60.7 Å². The fourth-order valence-corrected chi connectivity index (χ4v) is 5.26. The van der Waals surface area contributed by atoms with E-state index in [1.54, 1.807) is 0 Å². The summed E-state index contributed by atoms with van der Waals surface area (Å²) in [5, 5.41) is 11.5. The zero-order valence-electron chi connectivity index (χ0n) is 17.5. The summed E-state index contributed by atoms with van der Waals surface area (Å²) < 4.78 is 6.00. The van der Waals surface area contributed by atoms with Crippen LogP contribution in [0.3, 0.4) is 0 Å². The first-order valence-corrected chi connectivity index (χ1v) is 11.1. The van der Waals surface area contributed by atoms with Gasteiger partial charge in [-0.15, -0.1) is 0 Å². The second-order valence-corrected chi connectivity index (χ2v) is 8.43. The lowest BCUT2D eigenvalue weighted by Crippen LogP contribution is -2.54. The van der Waals surface area contributed by atoms with E-state index in [0.717, 1.165) is 44.5 Å². The Morgan fingerprint density at radius 3 is 2.69 bits per heavy atom. The molecule has 1 N–H and O–H groups in total. The molecule has 4 rings (SSSR count). The minimum absolute atomic E-state index is 0.192. The van der Waals surface area contributed by atoms with Crippen molar-refractivity contribution in [2.24, 2.45) is 5.92 Å². The lowest BCUT2D eigenvalue weighted by molar-refractivity contribution is -0.122. The van der Waals surface area contributed by atoms with E-state index >= 15 is 0 Å². The summed E-state index contributed by atoms with van der Waals surface area (Å²) in [6.07, 6.45) is 9.68. The summed E-state index contributed by atoms with van der Waals surface area (Å²) in [6.45, 7) is 4.49. The number of fused-ring (bicyclic) bond motifs is 1. The summed E-state index contributed by atoms with van der Waals surface area (Å²) in [4.78, 5) is 2.54. The number of likely N-dealkylation sites (tertiary alicyclic amines) is 1. The predicted molar refractivity (Wildman–Crippen MR) is 119 cm³/mol. The molecule has 2 aromatic carbocycles. The molecule has 0 radical (unpaired) electrons. The standard InChI is InChI=1S/C26H33NO2/c1-2-29-24-16-7-6-14-22(24)25-23-15-8-9-17-26(23,28)18-20-27(25)19-10-13-21-11-4-3-5-12-21/h3-7,10-14,16,23,25,28H,2,8-9,15,17-20H2,1H3/b13-10+/t23-,25-,26-/m0/s1. The first kappa shape index (κ1) is 20.2.